The molecule has 0 radical (unpaired) electrons. The van der Waals surface area contributed by atoms with Crippen molar-refractivity contribution in [2.24, 2.45) is 0 Å². The zero-order valence-electron chi connectivity index (χ0n) is 17.9. The molecule has 0 saturated heterocycles. The van der Waals surface area contributed by atoms with Gasteiger partial charge in [-0.15, -0.1) is 0 Å². The highest BCUT2D eigenvalue weighted by atomic mass is 19.1. The average molecular weight is 416 g/mol. The fraction of sp³-hybridized carbons (Fsp3) is 0.476. The Bertz CT molecular complexity index is 1010. The third kappa shape index (κ3) is 4.96. The van der Waals surface area contributed by atoms with E-state index in [1.165, 1.54) is 12.1 Å². The Hall–Kier alpha value is -2.94. The van der Waals surface area contributed by atoms with Crippen LogP contribution in [0.25, 0.3) is 11.2 Å². The highest BCUT2D eigenvalue weighted by Crippen LogP contribution is 2.27. The SMILES string of the molecule is CCC(CC)n1cnc2c(NCc3cc(F)ccc3N)nc(NCC(C)(C)O)nc21. The summed E-state index contributed by atoms with van der Waals surface area (Å²) in [6.07, 6.45) is 3.67. The molecule has 0 fully saturated rings. The summed E-state index contributed by atoms with van der Waals surface area (Å²) in [5, 5.41) is 16.4. The number of nitrogens with zero attached hydrogens (tertiary/aromatic N) is 4. The van der Waals surface area contributed by atoms with Gasteiger partial charge in [-0.3, -0.25) is 0 Å². The number of nitrogens with two attached hydrogens (primary N) is 1. The van der Waals surface area contributed by atoms with Crippen molar-refractivity contribution in [1.82, 2.24) is 19.5 Å². The van der Waals surface area contributed by atoms with Crippen LogP contribution in [0.4, 0.5) is 21.8 Å². The molecule has 0 aliphatic carbocycles. The molecule has 3 rings (SSSR count). The maximum atomic E-state index is 13.6. The number of aromatic nitrogens is 4. The fourth-order valence-corrected chi connectivity index (χ4v) is 3.27. The molecule has 1 aromatic carbocycles. The van der Waals surface area contributed by atoms with Crippen LogP contribution in [0.15, 0.2) is 24.5 Å². The Morgan fingerprint density at radius 1 is 1.20 bits per heavy atom. The second-order valence-electron chi connectivity index (χ2n) is 8.05. The predicted octanol–water partition coefficient (Wildman–Crippen LogP) is 3.70. The molecule has 0 aliphatic heterocycles. The number of imidazole rings is 1. The quantitative estimate of drug-likeness (QED) is 0.394. The smallest absolute Gasteiger partial charge is 0.226 e. The van der Waals surface area contributed by atoms with E-state index >= 15 is 0 Å². The fourth-order valence-electron chi connectivity index (χ4n) is 3.27. The third-order valence-electron chi connectivity index (χ3n) is 4.99. The van der Waals surface area contributed by atoms with Gasteiger partial charge < -0.3 is 26.0 Å². The van der Waals surface area contributed by atoms with Crippen molar-refractivity contribution in [2.45, 2.75) is 58.7 Å². The van der Waals surface area contributed by atoms with Crippen LogP contribution in [-0.4, -0.2) is 36.8 Å². The summed E-state index contributed by atoms with van der Waals surface area (Å²) in [4.78, 5) is 13.7. The topological polar surface area (TPSA) is 114 Å². The van der Waals surface area contributed by atoms with Gasteiger partial charge in [-0.1, -0.05) is 13.8 Å². The summed E-state index contributed by atoms with van der Waals surface area (Å²) >= 11 is 0. The van der Waals surface area contributed by atoms with Gasteiger partial charge >= 0.3 is 0 Å². The van der Waals surface area contributed by atoms with Crippen molar-refractivity contribution in [3.8, 4) is 0 Å². The van der Waals surface area contributed by atoms with Gasteiger partial charge in [-0.25, -0.2) is 9.37 Å². The van der Waals surface area contributed by atoms with Gasteiger partial charge in [0.05, 0.1) is 11.9 Å². The van der Waals surface area contributed by atoms with Crippen LogP contribution in [0.1, 0.15) is 52.1 Å². The number of benzene rings is 1. The van der Waals surface area contributed by atoms with Crippen LogP contribution in [0.3, 0.4) is 0 Å². The lowest BCUT2D eigenvalue weighted by atomic mass is 10.1. The van der Waals surface area contributed by atoms with Crippen LogP contribution < -0.4 is 16.4 Å². The van der Waals surface area contributed by atoms with Gasteiger partial charge in [0.2, 0.25) is 5.95 Å². The molecule has 0 amide bonds. The molecule has 0 spiro atoms. The molecule has 0 aliphatic rings. The number of anilines is 3. The van der Waals surface area contributed by atoms with Crippen molar-refractivity contribution in [2.75, 3.05) is 22.9 Å². The maximum Gasteiger partial charge on any atom is 0.226 e. The van der Waals surface area contributed by atoms with E-state index in [1.807, 2.05) is 4.57 Å². The van der Waals surface area contributed by atoms with Crippen molar-refractivity contribution in [1.29, 1.82) is 0 Å². The Labute approximate surface area is 175 Å². The molecule has 2 heterocycles. The van der Waals surface area contributed by atoms with Gasteiger partial charge in [-0.05, 0) is 50.5 Å². The van der Waals surface area contributed by atoms with E-state index in [2.05, 4.69) is 39.4 Å². The Morgan fingerprint density at radius 3 is 2.60 bits per heavy atom. The zero-order chi connectivity index (χ0) is 21.9. The highest BCUT2D eigenvalue weighted by Gasteiger charge is 2.19. The molecule has 3 aromatic rings. The number of aliphatic hydroxyl groups is 1. The van der Waals surface area contributed by atoms with Crippen LogP contribution in [0.2, 0.25) is 0 Å². The molecule has 9 heteroatoms. The number of hydrogen-bond donors (Lipinski definition) is 4. The van der Waals surface area contributed by atoms with Crippen LogP contribution >= 0.6 is 0 Å². The molecule has 2 aromatic heterocycles. The highest BCUT2D eigenvalue weighted by molar-refractivity contribution is 5.84. The van der Waals surface area contributed by atoms with Gasteiger partial charge in [0.1, 0.15) is 5.82 Å². The van der Waals surface area contributed by atoms with Gasteiger partial charge in [-0.2, -0.15) is 9.97 Å². The first-order chi connectivity index (χ1) is 14.2. The third-order valence-corrected chi connectivity index (χ3v) is 4.99. The summed E-state index contributed by atoms with van der Waals surface area (Å²) in [5.74, 6) is 0.554. The van der Waals surface area contributed by atoms with Crippen molar-refractivity contribution in [3.05, 3.63) is 35.9 Å². The first-order valence-corrected chi connectivity index (χ1v) is 10.2. The Morgan fingerprint density at radius 2 is 1.93 bits per heavy atom. The minimum Gasteiger partial charge on any atom is -0.398 e. The minimum absolute atomic E-state index is 0.263. The Balaban J connectivity index is 1.99. The summed E-state index contributed by atoms with van der Waals surface area (Å²) in [7, 11) is 0. The first kappa shape index (κ1) is 21.8. The number of rotatable bonds is 9. The molecule has 8 nitrogen and oxygen atoms in total. The number of hydrogen-bond acceptors (Lipinski definition) is 7. The second-order valence-corrected chi connectivity index (χ2v) is 8.05. The largest absolute Gasteiger partial charge is 0.398 e. The number of fused-ring (bicyclic) bond motifs is 1. The lowest BCUT2D eigenvalue weighted by molar-refractivity contribution is 0.0943. The van der Waals surface area contributed by atoms with Crippen LogP contribution in [0.5, 0.6) is 0 Å². The van der Waals surface area contributed by atoms with Gasteiger partial charge in [0.25, 0.3) is 0 Å². The lowest BCUT2D eigenvalue weighted by Gasteiger charge is -2.19. The molecule has 162 valence electrons. The first-order valence-electron chi connectivity index (χ1n) is 10.2. The van der Waals surface area contributed by atoms with E-state index in [0.717, 1.165) is 12.8 Å². The van der Waals surface area contributed by atoms with Gasteiger partial charge in [0.15, 0.2) is 17.0 Å². The molecule has 5 N–H and O–H groups in total. The second kappa shape index (κ2) is 8.83. The summed E-state index contributed by atoms with van der Waals surface area (Å²) in [6.45, 7) is 8.24. The van der Waals surface area contributed by atoms with Crippen LogP contribution in [0, 0.1) is 5.82 Å². The summed E-state index contributed by atoms with van der Waals surface area (Å²) in [6, 6.07) is 4.54. The monoisotopic (exact) mass is 415 g/mol. The summed E-state index contributed by atoms with van der Waals surface area (Å²) < 4.78 is 15.7. The normalized spacial score (nSPS) is 12.0. The maximum absolute atomic E-state index is 13.6. The van der Waals surface area contributed by atoms with Crippen molar-refractivity contribution >= 4 is 28.6 Å². The molecule has 30 heavy (non-hydrogen) atoms. The minimum atomic E-state index is -0.919. The standard InChI is InChI=1S/C21H30FN7O/c1-5-15(6-2)29-12-26-17-18(24-10-13-9-14(22)7-8-16(13)23)27-20(28-19(17)29)25-11-21(3,4)30/h7-9,12,15,30H,5-6,10-11,23H2,1-4H3,(H2,24,25,27,28). The van der Waals surface area contributed by atoms with E-state index in [-0.39, 0.29) is 18.4 Å². The molecular weight excluding hydrogens is 385 g/mol. The molecule has 0 atom stereocenters. The average Bonchev–Trinajstić information content (AvgIpc) is 3.11. The van der Waals surface area contributed by atoms with E-state index in [1.54, 1.807) is 26.2 Å². The zero-order valence-corrected chi connectivity index (χ0v) is 17.9. The lowest BCUT2D eigenvalue weighted by Crippen LogP contribution is -2.30. The molecule has 0 bridgehead atoms. The molecular formula is C21H30FN7O. The van der Waals surface area contributed by atoms with E-state index in [4.69, 9.17) is 5.73 Å². The predicted molar refractivity (Wildman–Crippen MR) is 118 cm³/mol. The van der Waals surface area contributed by atoms with Crippen LogP contribution in [-0.2, 0) is 6.54 Å². The number of halogens is 1. The number of nitrogens with one attached hydrogen (secondary N) is 2. The molecule has 0 saturated carbocycles. The van der Waals surface area contributed by atoms with Gasteiger partial charge in [0, 0.05) is 24.8 Å². The van der Waals surface area contributed by atoms with Crippen molar-refractivity contribution < 1.29 is 9.50 Å². The summed E-state index contributed by atoms with van der Waals surface area (Å²) in [5.41, 5.74) is 7.51. The van der Waals surface area contributed by atoms with E-state index in [0.29, 0.717) is 40.7 Å². The van der Waals surface area contributed by atoms with Crippen molar-refractivity contribution in [3.63, 3.8) is 0 Å². The number of nitrogen functional groups attached to an aromatic ring is 1. The van der Waals surface area contributed by atoms with E-state index < -0.39 is 5.60 Å². The Kier molecular flexibility index (Phi) is 6.40. The molecule has 0 unspecified atom stereocenters. The van der Waals surface area contributed by atoms with E-state index in [9.17, 15) is 9.50 Å².